The minimum absolute atomic E-state index is 0. The van der Waals surface area contributed by atoms with Gasteiger partial charge in [0.15, 0.2) is 0 Å². The van der Waals surface area contributed by atoms with Crippen molar-refractivity contribution in [3.05, 3.63) is 0 Å². The summed E-state index contributed by atoms with van der Waals surface area (Å²) in [7, 11) is 0. The Labute approximate surface area is 285 Å². The van der Waals surface area contributed by atoms with Crippen LogP contribution in [0.2, 0.25) is 0 Å². The normalized spacial score (nSPS) is 12.3. The van der Waals surface area contributed by atoms with Gasteiger partial charge in [0.2, 0.25) is 0 Å². The Morgan fingerprint density at radius 3 is 0.630 bits per heavy atom. The highest BCUT2D eigenvalue weighted by molar-refractivity contribution is 5.76. The number of rotatable bonds is 18. The molecular weight excluding hydrogens is 615 g/mol. The van der Waals surface area contributed by atoms with Gasteiger partial charge in [-0.1, -0.05) is 41.5 Å². The molecule has 267 valence electrons. The molecular formula is C33H60AlO12. The number of hydrogen-bond donors (Lipinski definition) is 6. The predicted molar refractivity (Wildman–Crippen MR) is 176 cm³/mol. The van der Waals surface area contributed by atoms with Gasteiger partial charge in [0, 0.05) is 36.6 Å². The van der Waals surface area contributed by atoms with Crippen molar-refractivity contribution in [2.24, 2.45) is 32.5 Å². The van der Waals surface area contributed by atoms with E-state index in [4.69, 9.17) is 30.6 Å². The van der Waals surface area contributed by atoms with Gasteiger partial charge in [0.25, 0.3) is 0 Å². The van der Waals surface area contributed by atoms with Gasteiger partial charge in [-0.25, -0.2) is 0 Å². The Bertz CT molecular complexity index is 895. The van der Waals surface area contributed by atoms with Crippen LogP contribution in [0.4, 0.5) is 0 Å². The Morgan fingerprint density at radius 2 is 0.522 bits per heavy atom. The molecule has 0 fully saturated rings. The Morgan fingerprint density at radius 1 is 0.370 bits per heavy atom. The standard InChI is InChI=1S/3C11H20O4.Al/c3*1-10(2,7-5-6-8(12)13)11(3,4)9(14)15;/h3*5-7H2,1-4H3,(H,12,13)(H,14,15);. The summed E-state index contributed by atoms with van der Waals surface area (Å²) in [5, 5.41) is 52.7. The van der Waals surface area contributed by atoms with Crippen molar-refractivity contribution in [2.75, 3.05) is 0 Å². The molecule has 3 radical (unpaired) electrons. The molecule has 0 aliphatic rings. The SMILES string of the molecule is CC(C)(CCCC(=O)O)C(C)(C)C(=O)O.CC(C)(CCCC(=O)O)C(C)(C)C(=O)O.CC(C)(CCCC(=O)O)C(C)(C)C(=O)O.[Al]. The average molecular weight is 676 g/mol. The van der Waals surface area contributed by atoms with E-state index < -0.39 is 68.3 Å². The van der Waals surface area contributed by atoms with Crippen LogP contribution in [0.1, 0.15) is 141 Å². The summed E-state index contributed by atoms with van der Waals surface area (Å²) in [6.07, 6.45) is 3.62. The van der Waals surface area contributed by atoms with E-state index in [1.54, 1.807) is 41.5 Å². The summed E-state index contributed by atoms with van der Waals surface area (Å²) < 4.78 is 0. The van der Waals surface area contributed by atoms with E-state index in [9.17, 15) is 28.8 Å². The number of carboxylic acids is 6. The fourth-order valence-corrected chi connectivity index (χ4v) is 3.85. The molecule has 0 aliphatic carbocycles. The van der Waals surface area contributed by atoms with Crippen LogP contribution in [-0.2, 0) is 28.8 Å². The van der Waals surface area contributed by atoms with Crippen LogP contribution in [0.5, 0.6) is 0 Å². The van der Waals surface area contributed by atoms with Gasteiger partial charge in [0.1, 0.15) is 0 Å². The third kappa shape index (κ3) is 16.8. The number of carboxylic acid groups (broad SMARTS) is 6. The molecule has 0 unspecified atom stereocenters. The molecule has 0 atom stereocenters. The maximum absolute atomic E-state index is 11.0. The van der Waals surface area contributed by atoms with E-state index in [-0.39, 0.29) is 36.6 Å². The number of hydrogen-bond acceptors (Lipinski definition) is 6. The highest BCUT2D eigenvalue weighted by Gasteiger charge is 2.44. The Kier molecular flexibility index (Phi) is 21.7. The van der Waals surface area contributed by atoms with Crippen molar-refractivity contribution in [3.8, 4) is 0 Å². The minimum atomic E-state index is -0.845. The van der Waals surface area contributed by atoms with Gasteiger partial charge in [-0.15, -0.1) is 0 Å². The van der Waals surface area contributed by atoms with Crippen molar-refractivity contribution >= 4 is 53.2 Å². The van der Waals surface area contributed by atoms with Crippen molar-refractivity contribution in [3.63, 3.8) is 0 Å². The molecule has 0 aromatic heterocycles. The zero-order valence-corrected chi connectivity index (χ0v) is 31.2. The van der Waals surface area contributed by atoms with Crippen LogP contribution in [-0.4, -0.2) is 83.8 Å². The number of carbonyl (C=O) groups is 6. The Balaban J connectivity index is -0.000000285. The molecule has 0 aromatic rings. The van der Waals surface area contributed by atoms with Crippen LogP contribution in [0, 0.1) is 32.5 Å². The van der Waals surface area contributed by atoms with Crippen LogP contribution in [0.15, 0.2) is 0 Å². The quantitative estimate of drug-likeness (QED) is 0.0830. The van der Waals surface area contributed by atoms with E-state index in [1.807, 2.05) is 41.5 Å². The molecule has 0 saturated heterocycles. The first-order valence-corrected chi connectivity index (χ1v) is 15.2. The van der Waals surface area contributed by atoms with E-state index in [2.05, 4.69) is 0 Å². The van der Waals surface area contributed by atoms with Crippen LogP contribution >= 0.6 is 0 Å². The molecule has 13 heteroatoms. The summed E-state index contributed by atoms with van der Waals surface area (Å²) in [6.45, 7) is 21.2. The molecule has 0 aromatic carbocycles. The molecule has 6 N–H and O–H groups in total. The summed E-state index contributed by atoms with van der Waals surface area (Å²) >= 11 is 0. The first-order valence-electron chi connectivity index (χ1n) is 15.2. The topological polar surface area (TPSA) is 224 Å². The van der Waals surface area contributed by atoms with E-state index in [0.717, 1.165) is 0 Å². The first-order chi connectivity index (χ1) is 19.8. The second kappa shape index (κ2) is 19.9. The number of aliphatic carboxylic acids is 6. The van der Waals surface area contributed by atoms with Gasteiger partial charge >= 0.3 is 35.8 Å². The zero-order valence-electron chi connectivity index (χ0n) is 30.1. The summed E-state index contributed by atoms with van der Waals surface area (Å²) in [4.78, 5) is 64.2. The van der Waals surface area contributed by atoms with Crippen molar-refractivity contribution in [1.29, 1.82) is 0 Å². The van der Waals surface area contributed by atoms with Gasteiger partial charge in [-0.05, 0) is 96.3 Å². The van der Waals surface area contributed by atoms with E-state index >= 15 is 0 Å². The lowest BCUT2D eigenvalue weighted by molar-refractivity contribution is -0.155. The third-order valence-electron chi connectivity index (χ3n) is 10.3. The molecule has 0 amide bonds. The van der Waals surface area contributed by atoms with Crippen molar-refractivity contribution in [1.82, 2.24) is 0 Å². The second-order valence-electron chi connectivity index (χ2n) is 15.2. The highest BCUT2D eigenvalue weighted by Crippen LogP contribution is 2.44. The Hall–Kier alpha value is -2.65. The second-order valence-corrected chi connectivity index (χ2v) is 15.2. The molecule has 12 nitrogen and oxygen atoms in total. The fraction of sp³-hybridized carbons (Fsp3) is 0.818. The van der Waals surface area contributed by atoms with Crippen LogP contribution in [0.25, 0.3) is 0 Å². The third-order valence-corrected chi connectivity index (χ3v) is 10.3. The fourth-order valence-electron chi connectivity index (χ4n) is 3.85. The van der Waals surface area contributed by atoms with Gasteiger partial charge in [-0.3, -0.25) is 28.8 Å². The van der Waals surface area contributed by atoms with E-state index in [1.165, 1.54) is 0 Å². The summed E-state index contributed by atoms with van der Waals surface area (Å²) in [6, 6.07) is 0. The molecule has 46 heavy (non-hydrogen) atoms. The van der Waals surface area contributed by atoms with E-state index in [0.29, 0.717) is 38.5 Å². The lowest BCUT2D eigenvalue weighted by Crippen LogP contribution is -2.39. The lowest BCUT2D eigenvalue weighted by Gasteiger charge is -2.38. The molecule has 0 heterocycles. The molecule has 0 spiro atoms. The lowest BCUT2D eigenvalue weighted by atomic mass is 9.65. The maximum atomic E-state index is 11.0. The van der Waals surface area contributed by atoms with Gasteiger partial charge in [-0.2, -0.15) is 0 Å². The van der Waals surface area contributed by atoms with Crippen molar-refractivity contribution < 1.29 is 59.4 Å². The molecule has 0 rings (SSSR count). The largest absolute Gasteiger partial charge is 0.481 e. The predicted octanol–water partition coefficient (Wildman–Crippen LogP) is 6.75. The summed E-state index contributed by atoms with van der Waals surface area (Å²) in [5.74, 6) is -5.04. The first kappa shape index (κ1) is 50.2. The van der Waals surface area contributed by atoms with Gasteiger partial charge in [0.05, 0.1) is 16.2 Å². The molecule has 0 saturated carbocycles. The highest BCUT2D eigenvalue weighted by atomic mass is 27.0. The van der Waals surface area contributed by atoms with Crippen LogP contribution < -0.4 is 0 Å². The molecule has 0 bridgehead atoms. The summed E-state index contributed by atoms with van der Waals surface area (Å²) in [5.41, 5.74) is -3.75. The van der Waals surface area contributed by atoms with Crippen LogP contribution in [0.3, 0.4) is 0 Å². The van der Waals surface area contributed by atoms with Crippen molar-refractivity contribution in [2.45, 2.75) is 141 Å². The average Bonchev–Trinajstić information content (AvgIpc) is 2.83. The smallest absolute Gasteiger partial charge is 0.309 e. The maximum Gasteiger partial charge on any atom is 0.309 e. The van der Waals surface area contributed by atoms with Gasteiger partial charge < -0.3 is 30.6 Å². The monoisotopic (exact) mass is 675 g/mol. The minimum Gasteiger partial charge on any atom is -0.481 e. The molecule has 0 aliphatic heterocycles. The zero-order chi connectivity index (χ0) is 36.8.